The van der Waals surface area contributed by atoms with Gasteiger partial charge in [0.2, 0.25) is 0 Å². The second kappa shape index (κ2) is 8.59. The second-order valence-corrected chi connectivity index (χ2v) is 5.84. The van der Waals surface area contributed by atoms with Crippen LogP contribution in [0.15, 0.2) is 29.2 Å². The van der Waals surface area contributed by atoms with Crippen molar-refractivity contribution in [3.8, 4) is 0 Å². The Hall–Kier alpha value is -2.21. The van der Waals surface area contributed by atoms with Gasteiger partial charge in [-0.2, -0.15) is 0 Å². The van der Waals surface area contributed by atoms with Gasteiger partial charge in [0.15, 0.2) is 0 Å². The van der Waals surface area contributed by atoms with E-state index in [4.69, 9.17) is 0 Å². The summed E-state index contributed by atoms with van der Waals surface area (Å²) in [5, 5.41) is 3.68. The third kappa shape index (κ3) is 4.00. The Morgan fingerprint density at radius 3 is 2.71 bits per heavy atom. The Balaban J connectivity index is 2.12. The van der Waals surface area contributed by atoms with Crippen LogP contribution in [0, 0.1) is 0 Å². The van der Waals surface area contributed by atoms with Crippen LogP contribution in [0.4, 0.5) is 0 Å². The van der Waals surface area contributed by atoms with E-state index in [1.165, 1.54) is 4.90 Å². The Morgan fingerprint density at radius 1 is 1.29 bits per heavy atom. The van der Waals surface area contributed by atoms with Crippen LogP contribution < -0.4 is 15.8 Å². The standard InChI is InChI=1S/C18H26N4O2/c1-4-21(5-2)12-8-11-20-17(23)15-13-14-9-7-10-19-16(14)22(6-3)18(15)24/h7,9-10,13H,4-6,8,11-12H2,1-3H3,(H,20,23)/p+1. The lowest BCUT2D eigenvalue weighted by Crippen LogP contribution is -3.11. The molecule has 0 radical (unpaired) electrons. The van der Waals surface area contributed by atoms with Crippen LogP contribution >= 0.6 is 0 Å². The van der Waals surface area contributed by atoms with E-state index < -0.39 is 0 Å². The number of pyridine rings is 2. The number of nitrogens with one attached hydrogen (secondary N) is 2. The zero-order chi connectivity index (χ0) is 17.5. The van der Waals surface area contributed by atoms with Gasteiger partial charge in [-0.1, -0.05) is 0 Å². The van der Waals surface area contributed by atoms with Crippen LogP contribution in [0.25, 0.3) is 11.0 Å². The number of hydrogen-bond donors (Lipinski definition) is 2. The Labute approximate surface area is 142 Å². The lowest BCUT2D eigenvalue weighted by Gasteiger charge is -2.15. The van der Waals surface area contributed by atoms with Crippen molar-refractivity contribution in [1.29, 1.82) is 0 Å². The van der Waals surface area contributed by atoms with E-state index in [0.717, 1.165) is 31.4 Å². The number of quaternary nitrogens is 1. The predicted molar refractivity (Wildman–Crippen MR) is 95.5 cm³/mol. The van der Waals surface area contributed by atoms with Crippen LogP contribution in [-0.2, 0) is 6.54 Å². The molecular formula is C18H27N4O2+. The summed E-state index contributed by atoms with van der Waals surface area (Å²) >= 11 is 0. The molecule has 0 fully saturated rings. The van der Waals surface area contributed by atoms with E-state index in [1.54, 1.807) is 22.9 Å². The summed E-state index contributed by atoms with van der Waals surface area (Å²) in [6.45, 7) is 10.5. The van der Waals surface area contributed by atoms with Crippen LogP contribution in [0.1, 0.15) is 37.6 Å². The van der Waals surface area contributed by atoms with Gasteiger partial charge in [-0.25, -0.2) is 4.98 Å². The van der Waals surface area contributed by atoms with E-state index in [1.807, 2.05) is 13.0 Å². The Kier molecular flexibility index (Phi) is 6.49. The van der Waals surface area contributed by atoms with Crippen LogP contribution in [0.5, 0.6) is 0 Å². The molecule has 0 bridgehead atoms. The highest BCUT2D eigenvalue weighted by Crippen LogP contribution is 2.10. The van der Waals surface area contributed by atoms with Crippen molar-refractivity contribution in [3.05, 3.63) is 40.3 Å². The number of nitrogens with zero attached hydrogens (tertiary/aromatic N) is 2. The summed E-state index contributed by atoms with van der Waals surface area (Å²) in [6, 6.07) is 5.32. The molecule has 0 aromatic carbocycles. The van der Waals surface area contributed by atoms with E-state index in [9.17, 15) is 9.59 Å². The highest BCUT2D eigenvalue weighted by Gasteiger charge is 2.15. The molecule has 0 spiro atoms. The van der Waals surface area contributed by atoms with Gasteiger partial charge in [0, 0.05) is 31.1 Å². The number of amides is 1. The second-order valence-electron chi connectivity index (χ2n) is 5.84. The largest absolute Gasteiger partial charge is 0.352 e. The van der Waals surface area contributed by atoms with Crippen molar-refractivity contribution in [3.63, 3.8) is 0 Å². The Bertz CT molecular complexity index is 750. The van der Waals surface area contributed by atoms with Crippen LogP contribution in [0.3, 0.4) is 0 Å². The molecule has 2 aromatic heterocycles. The molecule has 2 heterocycles. The van der Waals surface area contributed by atoms with Crippen molar-refractivity contribution in [2.75, 3.05) is 26.2 Å². The minimum absolute atomic E-state index is 0.188. The minimum Gasteiger partial charge on any atom is -0.352 e. The van der Waals surface area contributed by atoms with Gasteiger partial charge in [0.05, 0.1) is 19.6 Å². The predicted octanol–water partition coefficient (Wildman–Crippen LogP) is 0.461. The molecule has 0 atom stereocenters. The zero-order valence-electron chi connectivity index (χ0n) is 14.8. The smallest absolute Gasteiger partial charge is 0.265 e. The first-order valence-corrected chi connectivity index (χ1v) is 8.72. The summed E-state index contributed by atoms with van der Waals surface area (Å²) < 4.78 is 1.55. The van der Waals surface area contributed by atoms with Gasteiger partial charge >= 0.3 is 0 Å². The lowest BCUT2D eigenvalue weighted by atomic mass is 10.2. The van der Waals surface area contributed by atoms with Gasteiger partial charge in [-0.3, -0.25) is 14.2 Å². The molecule has 2 N–H and O–H groups in total. The van der Waals surface area contributed by atoms with Crippen molar-refractivity contribution in [2.45, 2.75) is 33.7 Å². The monoisotopic (exact) mass is 331 g/mol. The fraction of sp³-hybridized carbons (Fsp3) is 0.500. The van der Waals surface area contributed by atoms with E-state index in [-0.39, 0.29) is 17.0 Å². The summed E-state index contributed by atoms with van der Waals surface area (Å²) in [5.41, 5.74) is 0.523. The summed E-state index contributed by atoms with van der Waals surface area (Å²) in [7, 11) is 0. The van der Waals surface area contributed by atoms with Crippen molar-refractivity contribution in [1.82, 2.24) is 14.9 Å². The van der Waals surface area contributed by atoms with E-state index in [0.29, 0.717) is 18.7 Å². The molecule has 1 amide bonds. The zero-order valence-corrected chi connectivity index (χ0v) is 14.8. The average Bonchev–Trinajstić information content (AvgIpc) is 2.61. The van der Waals surface area contributed by atoms with E-state index in [2.05, 4.69) is 24.1 Å². The Morgan fingerprint density at radius 2 is 2.04 bits per heavy atom. The number of rotatable bonds is 8. The number of aromatic nitrogens is 2. The third-order valence-corrected chi connectivity index (χ3v) is 4.40. The lowest BCUT2D eigenvalue weighted by molar-refractivity contribution is -0.896. The maximum Gasteiger partial charge on any atom is 0.265 e. The fourth-order valence-electron chi connectivity index (χ4n) is 2.90. The third-order valence-electron chi connectivity index (χ3n) is 4.40. The topological polar surface area (TPSA) is 68.4 Å². The van der Waals surface area contributed by atoms with Gasteiger partial charge in [-0.15, -0.1) is 0 Å². The highest BCUT2D eigenvalue weighted by atomic mass is 16.2. The van der Waals surface area contributed by atoms with Gasteiger partial charge in [-0.05, 0) is 39.0 Å². The molecule has 24 heavy (non-hydrogen) atoms. The molecule has 0 aliphatic heterocycles. The summed E-state index contributed by atoms with van der Waals surface area (Å²) in [4.78, 5) is 30.7. The molecule has 0 saturated carbocycles. The first kappa shape index (κ1) is 18.1. The number of carbonyl (C=O) groups is 1. The minimum atomic E-state index is -0.303. The number of carbonyl (C=O) groups excluding carboxylic acids is 1. The maximum absolute atomic E-state index is 12.5. The summed E-state index contributed by atoms with van der Waals surface area (Å²) in [6.07, 6.45) is 2.56. The van der Waals surface area contributed by atoms with Crippen LogP contribution in [-0.4, -0.2) is 41.6 Å². The first-order chi connectivity index (χ1) is 11.6. The fourth-order valence-corrected chi connectivity index (χ4v) is 2.90. The molecule has 0 aliphatic carbocycles. The molecule has 2 rings (SSSR count). The number of fused-ring (bicyclic) bond motifs is 1. The van der Waals surface area contributed by atoms with Crippen molar-refractivity contribution in [2.24, 2.45) is 0 Å². The molecule has 130 valence electrons. The van der Waals surface area contributed by atoms with Crippen molar-refractivity contribution >= 4 is 16.9 Å². The van der Waals surface area contributed by atoms with Gasteiger partial charge in [0.25, 0.3) is 11.5 Å². The average molecular weight is 331 g/mol. The van der Waals surface area contributed by atoms with E-state index >= 15 is 0 Å². The molecule has 6 nitrogen and oxygen atoms in total. The number of hydrogen-bond acceptors (Lipinski definition) is 3. The maximum atomic E-state index is 12.5. The number of aryl methyl sites for hydroxylation is 1. The molecule has 6 heteroatoms. The first-order valence-electron chi connectivity index (χ1n) is 8.72. The van der Waals surface area contributed by atoms with Crippen LogP contribution in [0.2, 0.25) is 0 Å². The normalized spacial score (nSPS) is 11.2. The molecule has 0 aliphatic rings. The summed E-state index contributed by atoms with van der Waals surface area (Å²) in [5.74, 6) is -0.303. The molecule has 0 saturated heterocycles. The quantitative estimate of drug-likeness (QED) is 0.691. The molecule has 0 unspecified atom stereocenters. The molecule has 2 aromatic rings. The van der Waals surface area contributed by atoms with Gasteiger partial charge in [0.1, 0.15) is 11.2 Å². The highest BCUT2D eigenvalue weighted by molar-refractivity contribution is 5.96. The SMILES string of the molecule is CCn1c(=O)c(C(=O)NCCC[NH+](CC)CC)cc2cccnc21. The molecular weight excluding hydrogens is 304 g/mol. The van der Waals surface area contributed by atoms with Gasteiger partial charge < -0.3 is 10.2 Å². The van der Waals surface area contributed by atoms with Crippen molar-refractivity contribution < 1.29 is 9.69 Å².